The van der Waals surface area contributed by atoms with E-state index >= 15 is 0 Å². The van der Waals surface area contributed by atoms with Gasteiger partial charge in [-0.15, -0.1) is 11.3 Å². The summed E-state index contributed by atoms with van der Waals surface area (Å²) in [5, 5.41) is 4.92. The minimum Gasteiger partial charge on any atom is -0.352 e. The van der Waals surface area contributed by atoms with Gasteiger partial charge in [-0.3, -0.25) is 4.79 Å². The minimum atomic E-state index is -4.40. The van der Waals surface area contributed by atoms with Crippen molar-refractivity contribution in [1.29, 1.82) is 0 Å². The largest absolute Gasteiger partial charge is 0.416 e. The number of rotatable bonds is 8. The third-order valence-corrected chi connectivity index (χ3v) is 7.04. The molecule has 0 aliphatic carbocycles. The van der Waals surface area contributed by atoms with Crippen molar-refractivity contribution in [3.63, 3.8) is 0 Å². The lowest BCUT2D eigenvalue weighted by Gasteiger charge is -2.11. The van der Waals surface area contributed by atoms with Crippen LogP contribution in [0.3, 0.4) is 0 Å². The van der Waals surface area contributed by atoms with Crippen LogP contribution in [0.1, 0.15) is 30.7 Å². The van der Waals surface area contributed by atoms with Crippen molar-refractivity contribution in [2.45, 2.75) is 43.9 Å². The van der Waals surface area contributed by atoms with E-state index in [9.17, 15) is 26.4 Å². The fourth-order valence-corrected chi connectivity index (χ4v) is 5.10. The van der Waals surface area contributed by atoms with Gasteiger partial charge >= 0.3 is 6.18 Å². The molecule has 6 nitrogen and oxygen atoms in total. The van der Waals surface area contributed by atoms with E-state index in [-0.39, 0.29) is 29.8 Å². The van der Waals surface area contributed by atoms with Crippen LogP contribution in [-0.4, -0.2) is 25.4 Å². The molecule has 1 amide bonds. The maximum Gasteiger partial charge on any atom is 0.416 e. The second-order valence-corrected chi connectivity index (χ2v) is 10.2. The molecule has 1 aromatic heterocycles. The normalized spacial score (nSPS) is 12.2. The molecule has 0 atom stereocenters. The summed E-state index contributed by atoms with van der Waals surface area (Å²) in [4.78, 5) is 16.8. The molecule has 11 heteroatoms. The number of nitrogens with zero attached hydrogens (tertiary/aromatic N) is 1. The maximum atomic E-state index is 12.7. The predicted octanol–water partition coefficient (Wildman–Crippen LogP) is 4.37. The van der Waals surface area contributed by atoms with Crippen LogP contribution in [0.25, 0.3) is 10.6 Å². The zero-order valence-electron chi connectivity index (χ0n) is 17.8. The van der Waals surface area contributed by atoms with Gasteiger partial charge in [-0.05, 0) is 43.7 Å². The molecule has 0 saturated heterocycles. The molecular weight excluding hydrogens is 475 g/mol. The van der Waals surface area contributed by atoms with Gasteiger partial charge in [0.25, 0.3) is 0 Å². The van der Waals surface area contributed by atoms with Crippen LogP contribution in [0, 0.1) is 0 Å². The third-order valence-electron chi connectivity index (χ3n) is 4.44. The molecular formula is C22H22F3N3O3S2. The first kappa shape index (κ1) is 24.9. The van der Waals surface area contributed by atoms with Crippen LogP contribution in [-0.2, 0) is 34.0 Å². The van der Waals surface area contributed by atoms with Crippen molar-refractivity contribution in [1.82, 2.24) is 15.0 Å². The lowest BCUT2D eigenvalue weighted by molar-refractivity contribution is -0.137. The number of nitrogens with one attached hydrogen (secondary N) is 2. The molecule has 0 saturated carbocycles. The number of aromatic nitrogens is 1. The Morgan fingerprint density at radius 2 is 1.82 bits per heavy atom. The Kier molecular flexibility index (Phi) is 7.55. The smallest absolute Gasteiger partial charge is 0.352 e. The molecule has 3 aromatic rings. The summed E-state index contributed by atoms with van der Waals surface area (Å²) in [6, 6.07) is 10.7. The summed E-state index contributed by atoms with van der Waals surface area (Å²) in [7, 11) is -3.64. The zero-order valence-corrected chi connectivity index (χ0v) is 19.4. The Morgan fingerprint density at radius 1 is 1.12 bits per heavy atom. The average molecular weight is 498 g/mol. The first-order valence-electron chi connectivity index (χ1n) is 9.94. The topological polar surface area (TPSA) is 88.2 Å². The van der Waals surface area contributed by atoms with Crippen molar-refractivity contribution >= 4 is 27.3 Å². The van der Waals surface area contributed by atoms with Crippen molar-refractivity contribution in [3.8, 4) is 10.6 Å². The van der Waals surface area contributed by atoms with Gasteiger partial charge in [0.05, 0.1) is 22.6 Å². The molecule has 0 bridgehead atoms. The molecule has 0 aliphatic rings. The lowest BCUT2D eigenvalue weighted by atomic mass is 10.1. The second kappa shape index (κ2) is 10.0. The molecule has 33 heavy (non-hydrogen) atoms. The van der Waals surface area contributed by atoms with Gasteiger partial charge in [0.1, 0.15) is 5.01 Å². The molecule has 0 fully saturated rings. The van der Waals surface area contributed by atoms with Gasteiger partial charge in [-0.1, -0.05) is 24.3 Å². The van der Waals surface area contributed by atoms with Crippen LogP contribution >= 0.6 is 11.3 Å². The maximum absolute atomic E-state index is 12.7. The van der Waals surface area contributed by atoms with Gasteiger partial charge in [-0.2, -0.15) is 13.2 Å². The van der Waals surface area contributed by atoms with E-state index < -0.39 is 21.8 Å². The van der Waals surface area contributed by atoms with E-state index in [4.69, 9.17) is 0 Å². The fourth-order valence-electron chi connectivity index (χ4n) is 2.95. The predicted molar refractivity (Wildman–Crippen MR) is 120 cm³/mol. The monoisotopic (exact) mass is 497 g/mol. The van der Waals surface area contributed by atoms with E-state index in [0.29, 0.717) is 21.8 Å². The molecule has 176 valence electrons. The highest BCUT2D eigenvalue weighted by Gasteiger charge is 2.30. The highest BCUT2D eigenvalue weighted by Crippen LogP contribution is 2.31. The number of amides is 1. The number of sulfonamides is 1. The molecule has 0 aliphatic heterocycles. The SMILES string of the molecule is CC(C)NS(=O)(=O)c1cccc(CNC(=O)Cc2csc(-c3ccc(C(F)(F)F)cc3)n2)c1. The van der Waals surface area contributed by atoms with Crippen LogP contribution in [0.5, 0.6) is 0 Å². The number of thiazole rings is 1. The summed E-state index contributed by atoms with van der Waals surface area (Å²) in [5.41, 5.74) is 0.913. The van der Waals surface area contributed by atoms with E-state index in [1.54, 1.807) is 31.4 Å². The van der Waals surface area contributed by atoms with E-state index in [1.807, 2.05) is 0 Å². The third kappa shape index (κ3) is 6.86. The van der Waals surface area contributed by atoms with Gasteiger partial charge in [-0.25, -0.2) is 18.1 Å². The second-order valence-electron chi connectivity index (χ2n) is 7.60. The Bertz CT molecular complexity index is 1220. The minimum absolute atomic E-state index is 0.00989. The van der Waals surface area contributed by atoms with Crippen LogP contribution in [0.4, 0.5) is 13.2 Å². The summed E-state index contributed by atoms with van der Waals surface area (Å²) >= 11 is 1.24. The van der Waals surface area contributed by atoms with E-state index in [2.05, 4.69) is 15.0 Å². The highest BCUT2D eigenvalue weighted by molar-refractivity contribution is 7.89. The quantitative estimate of drug-likeness (QED) is 0.484. The Hall–Kier alpha value is -2.76. The molecule has 2 N–H and O–H groups in total. The molecule has 0 radical (unpaired) electrons. The van der Waals surface area contributed by atoms with Gasteiger partial charge in [0.2, 0.25) is 15.9 Å². The Balaban J connectivity index is 1.59. The average Bonchev–Trinajstić information content (AvgIpc) is 3.19. The fraction of sp³-hybridized carbons (Fsp3) is 0.273. The van der Waals surface area contributed by atoms with Crippen LogP contribution in [0.2, 0.25) is 0 Å². The van der Waals surface area contributed by atoms with E-state index in [0.717, 1.165) is 12.1 Å². The van der Waals surface area contributed by atoms with Crippen LogP contribution < -0.4 is 10.0 Å². The zero-order chi connectivity index (χ0) is 24.2. The van der Waals surface area contributed by atoms with Crippen LogP contribution in [0.15, 0.2) is 58.8 Å². The van der Waals surface area contributed by atoms with Crippen molar-refractivity contribution in [2.24, 2.45) is 0 Å². The summed E-state index contributed by atoms with van der Waals surface area (Å²) in [5.74, 6) is -0.312. The number of alkyl halides is 3. The number of carbonyl (C=O) groups is 1. The first-order chi connectivity index (χ1) is 15.4. The number of benzene rings is 2. The standard InChI is InChI=1S/C22H22F3N3O3S2/c1-14(2)28-33(30,31)19-5-3-4-15(10-19)12-26-20(29)11-18-13-32-21(27-18)16-6-8-17(9-7-16)22(23,24)25/h3-10,13-14,28H,11-12H2,1-2H3,(H,26,29). The van der Waals surface area contributed by atoms with E-state index in [1.165, 1.54) is 35.6 Å². The van der Waals surface area contributed by atoms with Crippen molar-refractivity contribution in [2.75, 3.05) is 0 Å². The molecule has 3 rings (SSSR count). The number of hydrogen-bond donors (Lipinski definition) is 2. The summed E-state index contributed by atoms with van der Waals surface area (Å²) in [6.07, 6.45) is -4.41. The number of hydrogen-bond acceptors (Lipinski definition) is 5. The lowest BCUT2D eigenvalue weighted by Crippen LogP contribution is -2.30. The molecule has 0 unspecified atom stereocenters. The van der Waals surface area contributed by atoms with Gasteiger partial charge in [0.15, 0.2) is 0 Å². The van der Waals surface area contributed by atoms with Crippen molar-refractivity contribution in [3.05, 3.63) is 70.7 Å². The molecule has 1 heterocycles. The Morgan fingerprint density at radius 3 is 2.45 bits per heavy atom. The highest BCUT2D eigenvalue weighted by atomic mass is 32.2. The molecule has 2 aromatic carbocycles. The van der Waals surface area contributed by atoms with Gasteiger partial charge < -0.3 is 5.32 Å². The number of carbonyl (C=O) groups excluding carboxylic acids is 1. The summed E-state index contributed by atoms with van der Waals surface area (Å²) in [6.45, 7) is 3.59. The van der Waals surface area contributed by atoms with Gasteiger partial charge in [0, 0.05) is 23.5 Å². The molecule has 0 spiro atoms. The first-order valence-corrected chi connectivity index (χ1v) is 12.3. The van der Waals surface area contributed by atoms with Crippen molar-refractivity contribution < 1.29 is 26.4 Å². The Labute approximate surface area is 193 Å². The number of halogens is 3. The summed E-state index contributed by atoms with van der Waals surface area (Å²) < 4.78 is 65.2.